The third kappa shape index (κ3) is 9.40. The molecule has 0 aromatic heterocycles. The second-order valence-corrected chi connectivity index (χ2v) is 6.90. The maximum Gasteiger partial charge on any atom is 0.326 e. The predicted octanol–water partition coefficient (Wildman–Crippen LogP) is -3.31. The van der Waals surface area contributed by atoms with E-state index in [9.17, 15) is 34.2 Å². The fourth-order valence-electron chi connectivity index (χ4n) is 2.52. The van der Waals surface area contributed by atoms with Crippen molar-refractivity contribution in [1.82, 2.24) is 16.0 Å². The molecule has 32 heavy (non-hydrogen) atoms. The number of carboxylic acid groups (broad SMARTS) is 1. The third-order valence-electron chi connectivity index (χ3n) is 4.28. The van der Waals surface area contributed by atoms with Crippen LogP contribution >= 0.6 is 0 Å². The first-order chi connectivity index (χ1) is 15.0. The van der Waals surface area contributed by atoms with Gasteiger partial charge in [-0.15, -0.1) is 0 Å². The molecule has 0 heterocycles. The van der Waals surface area contributed by atoms with Crippen LogP contribution in [0.4, 0.5) is 0 Å². The van der Waals surface area contributed by atoms with Crippen LogP contribution in [-0.4, -0.2) is 76.2 Å². The second-order valence-electron chi connectivity index (χ2n) is 6.90. The summed E-state index contributed by atoms with van der Waals surface area (Å²) in [5, 5.41) is 34.3. The lowest BCUT2D eigenvalue weighted by Gasteiger charge is -2.21. The van der Waals surface area contributed by atoms with E-state index in [1.807, 2.05) is 0 Å². The number of aliphatic carboxylic acids is 1. The van der Waals surface area contributed by atoms with Crippen molar-refractivity contribution in [3.63, 3.8) is 0 Å². The molecule has 176 valence electrons. The maximum absolute atomic E-state index is 12.6. The van der Waals surface area contributed by atoms with E-state index in [1.165, 1.54) is 24.3 Å². The van der Waals surface area contributed by atoms with Gasteiger partial charge in [0.15, 0.2) is 0 Å². The first kappa shape index (κ1) is 26.3. The topological polar surface area (TPSA) is 234 Å². The van der Waals surface area contributed by atoms with Gasteiger partial charge in [0.2, 0.25) is 23.6 Å². The van der Waals surface area contributed by atoms with E-state index in [0.717, 1.165) is 0 Å². The molecule has 0 fully saturated rings. The molecule has 13 heteroatoms. The Kier molecular flexibility index (Phi) is 10.6. The van der Waals surface area contributed by atoms with Crippen LogP contribution in [0.3, 0.4) is 0 Å². The van der Waals surface area contributed by atoms with E-state index < -0.39 is 60.9 Å². The van der Waals surface area contributed by atoms with Gasteiger partial charge < -0.3 is 42.7 Å². The molecule has 0 spiro atoms. The highest BCUT2D eigenvalue weighted by Crippen LogP contribution is 2.12. The average Bonchev–Trinajstić information content (AvgIpc) is 2.74. The molecule has 1 rings (SSSR count). The monoisotopic (exact) mass is 453 g/mol. The molecule has 0 saturated carbocycles. The molecule has 10 N–H and O–H groups in total. The normalized spacial score (nSPS) is 13.3. The summed E-state index contributed by atoms with van der Waals surface area (Å²) in [6.45, 7) is -1.20. The number of primary amides is 1. The van der Waals surface area contributed by atoms with Gasteiger partial charge >= 0.3 is 5.97 Å². The summed E-state index contributed by atoms with van der Waals surface area (Å²) in [5.41, 5.74) is 10.9. The van der Waals surface area contributed by atoms with Crippen LogP contribution in [0.1, 0.15) is 18.4 Å². The number of hydrogen-bond acceptors (Lipinski definition) is 8. The van der Waals surface area contributed by atoms with E-state index in [2.05, 4.69) is 16.0 Å². The number of amides is 4. The number of carboxylic acids is 1. The van der Waals surface area contributed by atoms with Gasteiger partial charge in [0.05, 0.1) is 13.2 Å². The Labute approximate surface area is 183 Å². The number of aromatic hydroxyl groups is 1. The Morgan fingerprint density at radius 3 is 2.12 bits per heavy atom. The van der Waals surface area contributed by atoms with Gasteiger partial charge in [-0.05, 0) is 24.1 Å². The Hall–Kier alpha value is -3.71. The van der Waals surface area contributed by atoms with Gasteiger partial charge in [-0.3, -0.25) is 19.2 Å². The van der Waals surface area contributed by atoms with Crippen LogP contribution in [-0.2, 0) is 30.4 Å². The predicted molar refractivity (Wildman–Crippen MR) is 110 cm³/mol. The number of hydrogen-bond donors (Lipinski definition) is 8. The number of aliphatic hydroxyl groups excluding tert-OH is 1. The fraction of sp³-hybridized carbons (Fsp3) is 0.421. The minimum absolute atomic E-state index is 0.00840. The van der Waals surface area contributed by atoms with Crippen molar-refractivity contribution >= 4 is 29.6 Å². The highest BCUT2D eigenvalue weighted by molar-refractivity contribution is 5.92. The Bertz CT molecular complexity index is 830. The minimum atomic E-state index is -1.36. The summed E-state index contributed by atoms with van der Waals surface area (Å²) >= 11 is 0. The standard InChI is InChI=1S/C19H27N5O8/c20-12(9-25)17(29)22-8-16(28)23-13(5-6-15(21)27)18(30)24-14(19(31)32)7-10-1-3-11(26)4-2-10/h1-4,12-14,25-26H,5-9,20H2,(H2,21,27)(H,22,29)(H,23,28)(H,24,30)(H,31,32). The van der Waals surface area contributed by atoms with Crippen molar-refractivity contribution in [1.29, 1.82) is 0 Å². The molecule has 0 saturated heterocycles. The van der Waals surface area contributed by atoms with Crippen molar-refractivity contribution in [3.8, 4) is 5.75 Å². The molecule has 4 amide bonds. The summed E-state index contributed by atoms with van der Waals surface area (Å²) in [6, 6.07) is 1.81. The number of phenolic OH excluding ortho intramolecular Hbond substituents is 1. The molecule has 3 atom stereocenters. The SMILES string of the molecule is NC(=O)CCC(NC(=O)CNC(=O)C(N)CO)C(=O)NC(Cc1ccc(O)cc1)C(=O)O. The number of rotatable bonds is 13. The zero-order valence-corrected chi connectivity index (χ0v) is 17.1. The number of phenols is 1. The quantitative estimate of drug-likeness (QED) is 0.149. The first-order valence-corrected chi connectivity index (χ1v) is 9.56. The molecular weight excluding hydrogens is 426 g/mol. The maximum atomic E-state index is 12.6. The molecule has 3 unspecified atom stereocenters. The molecule has 13 nitrogen and oxygen atoms in total. The van der Waals surface area contributed by atoms with Crippen LogP contribution in [0.25, 0.3) is 0 Å². The molecule has 0 radical (unpaired) electrons. The summed E-state index contributed by atoms with van der Waals surface area (Å²) in [4.78, 5) is 58.9. The lowest BCUT2D eigenvalue weighted by Crippen LogP contribution is -2.54. The number of aliphatic hydroxyl groups is 1. The van der Waals surface area contributed by atoms with E-state index >= 15 is 0 Å². The van der Waals surface area contributed by atoms with Crippen LogP contribution in [0.2, 0.25) is 0 Å². The molecule has 0 aliphatic carbocycles. The number of nitrogens with one attached hydrogen (secondary N) is 3. The van der Waals surface area contributed by atoms with E-state index in [4.69, 9.17) is 16.6 Å². The molecular formula is C19H27N5O8. The zero-order valence-electron chi connectivity index (χ0n) is 17.1. The lowest BCUT2D eigenvalue weighted by molar-refractivity contribution is -0.142. The van der Waals surface area contributed by atoms with Crippen molar-refractivity contribution < 1.29 is 39.3 Å². The Morgan fingerprint density at radius 1 is 0.969 bits per heavy atom. The zero-order chi connectivity index (χ0) is 24.3. The van der Waals surface area contributed by atoms with Gasteiger partial charge in [0.1, 0.15) is 23.9 Å². The van der Waals surface area contributed by atoms with Crippen molar-refractivity contribution in [2.45, 2.75) is 37.4 Å². The molecule has 0 aliphatic rings. The van der Waals surface area contributed by atoms with Gasteiger partial charge in [0, 0.05) is 12.8 Å². The highest BCUT2D eigenvalue weighted by Gasteiger charge is 2.27. The number of carbonyl (C=O) groups is 5. The van der Waals surface area contributed by atoms with Crippen LogP contribution in [0.5, 0.6) is 5.75 Å². The molecule has 1 aromatic rings. The van der Waals surface area contributed by atoms with E-state index in [1.54, 1.807) is 0 Å². The number of benzene rings is 1. The summed E-state index contributed by atoms with van der Waals surface area (Å²) in [7, 11) is 0. The fourth-order valence-corrected chi connectivity index (χ4v) is 2.52. The molecule has 1 aromatic carbocycles. The average molecular weight is 453 g/mol. The minimum Gasteiger partial charge on any atom is -0.508 e. The van der Waals surface area contributed by atoms with Crippen molar-refractivity contribution in [3.05, 3.63) is 29.8 Å². The Morgan fingerprint density at radius 2 is 1.59 bits per heavy atom. The van der Waals surface area contributed by atoms with Crippen molar-refractivity contribution in [2.24, 2.45) is 11.5 Å². The van der Waals surface area contributed by atoms with Crippen LogP contribution < -0.4 is 27.4 Å². The van der Waals surface area contributed by atoms with Crippen LogP contribution in [0, 0.1) is 0 Å². The summed E-state index contributed by atoms with van der Waals surface area (Å²) in [6.07, 6.45) is -0.578. The van der Waals surface area contributed by atoms with Gasteiger partial charge in [-0.1, -0.05) is 12.1 Å². The molecule has 0 bridgehead atoms. The van der Waals surface area contributed by atoms with E-state index in [0.29, 0.717) is 5.56 Å². The largest absolute Gasteiger partial charge is 0.508 e. The Balaban J connectivity index is 2.81. The summed E-state index contributed by atoms with van der Waals surface area (Å²) < 4.78 is 0. The molecule has 0 aliphatic heterocycles. The first-order valence-electron chi connectivity index (χ1n) is 9.56. The van der Waals surface area contributed by atoms with Gasteiger partial charge in [-0.25, -0.2) is 4.79 Å². The third-order valence-corrected chi connectivity index (χ3v) is 4.28. The number of carbonyl (C=O) groups excluding carboxylic acids is 4. The lowest BCUT2D eigenvalue weighted by atomic mass is 10.0. The highest BCUT2D eigenvalue weighted by atomic mass is 16.4. The smallest absolute Gasteiger partial charge is 0.326 e. The van der Waals surface area contributed by atoms with Crippen molar-refractivity contribution in [2.75, 3.05) is 13.2 Å². The van der Waals surface area contributed by atoms with Gasteiger partial charge in [-0.2, -0.15) is 0 Å². The van der Waals surface area contributed by atoms with Crippen LogP contribution in [0.15, 0.2) is 24.3 Å². The second kappa shape index (κ2) is 12.9. The van der Waals surface area contributed by atoms with Gasteiger partial charge in [0.25, 0.3) is 0 Å². The number of nitrogens with two attached hydrogens (primary N) is 2. The summed E-state index contributed by atoms with van der Waals surface area (Å²) in [5.74, 6) is -4.55. The van der Waals surface area contributed by atoms with E-state index in [-0.39, 0.29) is 25.0 Å².